The largest absolute Gasteiger partial charge is 0.299 e. The van der Waals surface area contributed by atoms with Gasteiger partial charge in [0.2, 0.25) is 0 Å². The molecule has 0 aliphatic heterocycles. The zero-order valence-electron chi connectivity index (χ0n) is 11.6. The SMILES string of the molecule is CC(C)OOP(C)(=O)COS(=O)(=O)c1cc(Cl)ccc1Cl. The number of hydrogen-bond donors (Lipinski definition) is 0. The summed E-state index contributed by atoms with van der Waals surface area (Å²) < 4.78 is 45.4. The predicted molar refractivity (Wildman–Crippen MR) is 80.4 cm³/mol. The van der Waals surface area contributed by atoms with E-state index in [9.17, 15) is 13.0 Å². The summed E-state index contributed by atoms with van der Waals surface area (Å²) in [6.45, 7) is 4.54. The third-order valence-electron chi connectivity index (χ3n) is 2.00. The van der Waals surface area contributed by atoms with Crippen molar-refractivity contribution in [2.75, 3.05) is 13.0 Å². The number of benzene rings is 1. The van der Waals surface area contributed by atoms with Gasteiger partial charge in [0.05, 0.1) is 11.1 Å². The lowest BCUT2D eigenvalue weighted by Crippen LogP contribution is -2.11. The fourth-order valence-electron chi connectivity index (χ4n) is 1.10. The first-order valence-corrected chi connectivity index (χ1v) is 10.2. The van der Waals surface area contributed by atoms with Gasteiger partial charge in [-0.25, -0.2) is 4.89 Å². The zero-order chi connectivity index (χ0) is 16.3. The van der Waals surface area contributed by atoms with Gasteiger partial charge in [0.1, 0.15) is 11.2 Å². The van der Waals surface area contributed by atoms with Crippen molar-refractivity contribution in [3.8, 4) is 0 Å². The lowest BCUT2D eigenvalue weighted by atomic mass is 10.4. The summed E-state index contributed by atoms with van der Waals surface area (Å²) in [6.07, 6.45) is -0.998. The highest BCUT2D eigenvalue weighted by molar-refractivity contribution is 7.87. The molecule has 0 aromatic heterocycles. The molecule has 1 aromatic rings. The second-order valence-electron chi connectivity index (χ2n) is 4.51. The fraction of sp³-hybridized carbons (Fsp3) is 0.455. The van der Waals surface area contributed by atoms with E-state index in [-0.39, 0.29) is 21.0 Å². The lowest BCUT2D eigenvalue weighted by Gasteiger charge is -2.14. The molecule has 0 aliphatic carbocycles. The second kappa shape index (κ2) is 7.42. The Morgan fingerprint density at radius 1 is 1.29 bits per heavy atom. The van der Waals surface area contributed by atoms with Crippen LogP contribution in [-0.4, -0.2) is 27.5 Å². The highest BCUT2D eigenvalue weighted by Crippen LogP contribution is 2.44. The average molecular weight is 377 g/mol. The number of hydrogen-bond acceptors (Lipinski definition) is 6. The Kier molecular flexibility index (Phi) is 6.68. The number of halogens is 2. The van der Waals surface area contributed by atoms with Gasteiger partial charge < -0.3 is 0 Å². The van der Waals surface area contributed by atoms with Crippen LogP contribution in [0.1, 0.15) is 13.8 Å². The molecule has 120 valence electrons. The third-order valence-corrected chi connectivity index (χ3v) is 5.15. The van der Waals surface area contributed by atoms with E-state index >= 15 is 0 Å². The summed E-state index contributed by atoms with van der Waals surface area (Å²) >= 11 is 11.5. The summed E-state index contributed by atoms with van der Waals surface area (Å²) in [5.41, 5.74) is 0. The number of rotatable bonds is 7. The van der Waals surface area contributed by atoms with Crippen LogP contribution < -0.4 is 0 Å². The van der Waals surface area contributed by atoms with Gasteiger partial charge in [-0.1, -0.05) is 23.2 Å². The van der Waals surface area contributed by atoms with E-state index in [1.807, 2.05) is 0 Å². The summed E-state index contributed by atoms with van der Waals surface area (Å²) in [5, 5.41) is 0.130. The quantitative estimate of drug-likeness (QED) is 0.310. The summed E-state index contributed by atoms with van der Waals surface area (Å²) in [4.78, 5) is 4.43. The van der Waals surface area contributed by atoms with Crippen LogP contribution >= 0.6 is 30.6 Å². The van der Waals surface area contributed by atoms with Crippen molar-refractivity contribution in [2.24, 2.45) is 0 Å². The molecule has 21 heavy (non-hydrogen) atoms. The molecule has 10 heteroatoms. The fourth-order valence-corrected chi connectivity index (χ4v) is 4.16. The van der Waals surface area contributed by atoms with Crippen molar-refractivity contribution >= 4 is 40.7 Å². The van der Waals surface area contributed by atoms with E-state index in [4.69, 9.17) is 32.3 Å². The minimum atomic E-state index is -4.21. The highest BCUT2D eigenvalue weighted by atomic mass is 35.5. The van der Waals surface area contributed by atoms with Crippen molar-refractivity contribution in [3.05, 3.63) is 28.2 Å². The Bertz CT molecular complexity index is 646. The van der Waals surface area contributed by atoms with E-state index in [0.717, 1.165) is 6.07 Å². The van der Waals surface area contributed by atoms with Crippen LogP contribution in [0.15, 0.2) is 23.1 Å². The summed E-state index contributed by atoms with van der Waals surface area (Å²) in [5.74, 6) is 0. The Morgan fingerprint density at radius 2 is 1.90 bits per heavy atom. The van der Waals surface area contributed by atoms with Gasteiger partial charge in [-0.2, -0.15) is 13.1 Å². The molecule has 0 saturated carbocycles. The zero-order valence-corrected chi connectivity index (χ0v) is 14.8. The first-order valence-electron chi connectivity index (χ1n) is 5.79. The van der Waals surface area contributed by atoms with Crippen LogP contribution in [0.5, 0.6) is 0 Å². The molecular weight excluding hydrogens is 362 g/mol. The van der Waals surface area contributed by atoms with Crippen LogP contribution in [0.3, 0.4) is 0 Å². The molecule has 0 bridgehead atoms. The topological polar surface area (TPSA) is 78.9 Å². The van der Waals surface area contributed by atoms with Gasteiger partial charge >= 0.3 is 0 Å². The molecule has 1 unspecified atom stereocenters. The first kappa shape index (κ1) is 18.9. The van der Waals surface area contributed by atoms with Crippen LogP contribution in [0.25, 0.3) is 0 Å². The van der Waals surface area contributed by atoms with Crippen LogP contribution in [0.2, 0.25) is 10.0 Å². The molecular formula is C11H15Cl2O6PS. The maximum Gasteiger partial charge on any atom is 0.299 e. The van der Waals surface area contributed by atoms with Gasteiger partial charge in [0.15, 0.2) is 0 Å². The predicted octanol–water partition coefficient (Wildman–Crippen LogP) is 3.92. The molecule has 1 rings (SSSR count). The van der Waals surface area contributed by atoms with Crippen LogP contribution in [0, 0.1) is 0 Å². The molecule has 0 radical (unpaired) electrons. The van der Waals surface area contributed by atoms with Crippen molar-refractivity contribution in [2.45, 2.75) is 24.8 Å². The third kappa shape index (κ3) is 6.24. The van der Waals surface area contributed by atoms with E-state index in [1.54, 1.807) is 13.8 Å². The standard InChI is InChI=1S/C11H15Cl2O6PS/c1-8(2)18-19-20(3,14)7-17-21(15,16)11-6-9(12)4-5-10(11)13/h4-6,8H,7H2,1-3H3. The molecule has 0 fully saturated rings. The average Bonchev–Trinajstić information content (AvgIpc) is 2.37. The molecule has 6 nitrogen and oxygen atoms in total. The molecule has 1 aromatic carbocycles. The van der Waals surface area contributed by atoms with Crippen molar-refractivity contribution in [1.82, 2.24) is 0 Å². The Balaban J connectivity index is 2.82. The van der Waals surface area contributed by atoms with Gasteiger partial charge in [-0.05, 0) is 32.0 Å². The molecule has 0 spiro atoms. The molecule has 1 atom stereocenters. The van der Waals surface area contributed by atoms with Crippen LogP contribution in [-0.2, 0) is 28.4 Å². The summed E-state index contributed by atoms with van der Waals surface area (Å²) in [7, 11) is -7.60. The minimum absolute atomic E-state index is 0.0512. The van der Waals surface area contributed by atoms with Gasteiger partial charge in [0.25, 0.3) is 17.5 Å². The highest BCUT2D eigenvalue weighted by Gasteiger charge is 2.26. The minimum Gasteiger partial charge on any atom is -0.288 e. The normalized spacial score (nSPS) is 15.1. The monoisotopic (exact) mass is 376 g/mol. The van der Waals surface area contributed by atoms with E-state index in [0.29, 0.717) is 0 Å². The lowest BCUT2D eigenvalue weighted by molar-refractivity contribution is -0.234. The van der Waals surface area contributed by atoms with Gasteiger partial charge in [-0.3, -0.25) is 8.75 Å². The second-order valence-corrected chi connectivity index (χ2v) is 9.37. The molecule has 0 amide bonds. The first-order chi connectivity index (χ1) is 9.53. The Hall–Kier alpha value is -0.140. The molecule has 0 saturated heterocycles. The Labute approximate surface area is 133 Å². The molecule has 0 heterocycles. The smallest absolute Gasteiger partial charge is 0.288 e. The van der Waals surface area contributed by atoms with Gasteiger partial charge in [0, 0.05) is 11.7 Å². The molecule has 0 N–H and O–H groups in total. The van der Waals surface area contributed by atoms with Crippen LogP contribution in [0.4, 0.5) is 0 Å². The van der Waals surface area contributed by atoms with E-state index in [2.05, 4.69) is 4.67 Å². The van der Waals surface area contributed by atoms with Crippen molar-refractivity contribution in [3.63, 3.8) is 0 Å². The molecule has 0 aliphatic rings. The Morgan fingerprint density at radius 3 is 2.48 bits per heavy atom. The van der Waals surface area contributed by atoms with Crippen molar-refractivity contribution in [1.29, 1.82) is 0 Å². The summed E-state index contributed by atoms with van der Waals surface area (Å²) in [6, 6.07) is 3.91. The van der Waals surface area contributed by atoms with E-state index in [1.165, 1.54) is 18.8 Å². The maximum atomic E-state index is 12.0. The van der Waals surface area contributed by atoms with E-state index < -0.39 is 23.8 Å². The maximum absolute atomic E-state index is 12.0. The van der Waals surface area contributed by atoms with Gasteiger partial charge in [-0.15, -0.1) is 0 Å². The van der Waals surface area contributed by atoms with Crippen molar-refractivity contribution < 1.29 is 26.7 Å².